The van der Waals surface area contributed by atoms with Crippen molar-refractivity contribution < 1.29 is 18.3 Å². The van der Waals surface area contributed by atoms with E-state index in [4.69, 9.17) is 4.74 Å². The molecule has 0 saturated carbocycles. The number of unbranched alkanes of at least 4 members (excludes halogenated alkanes) is 1. The number of hydrogen-bond donors (Lipinski definition) is 2. The van der Waals surface area contributed by atoms with Crippen molar-refractivity contribution in [1.82, 2.24) is 19.8 Å². The number of benzene rings is 2. The monoisotopic (exact) mass is 529 g/mol. The highest BCUT2D eigenvalue weighted by molar-refractivity contribution is 7.77. The highest BCUT2D eigenvalue weighted by atomic mass is 32.2. The molecule has 0 spiro atoms. The second-order valence-electron chi connectivity index (χ2n) is 10.1. The SMILES string of the molecule is CCCCN(C(=O)NCC(C)C)C1CCN(Cc2ccc(Oc3ccc(CNS(=O)[O-])cc3)cc2)CC1. The molecule has 2 aromatic rings. The van der Waals surface area contributed by atoms with Gasteiger partial charge in [0.1, 0.15) is 11.5 Å². The van der Waals surface area contributed by atoms with Crippen molar-refractivity contribution in [3.05, 3.63) is 59.7 Å². The molecule has 204 valence electrons. The lowest BCUT2D eigenvalue weighted by Crippen LogP contribution is -2.51. The number of amides is 2. The summed E-state index contributed by atoms with van der Waals surface area (Å²) in [5.41, 5.74) is 2.09. The van der Waals surface area contributed by atoms with Crippen LogP contribution >= 0.6 is 0 Å². The average Bonchev–Trinajstić information content (AvgIpc) is 2.89. The Bertz CT molecular complexity index is 977. The third kappa shape index (κ3) is 10.1. The fraction of sp³-hybridized carbons (Fsp3) is 0.536. The first-order valence-electron chi connectivity index (χ1n) is 13.3. The van der Waals surface area contributed by atoms with Gasteiger partial charge in [0.25, 0.3) is 0 Å². The Hall–Kier alpha value is -2.46. The zero-order valence-corrected chi connectivity index (χ0v) is 23.1. The summed E-state index contributed by atoms with van der Waals surface area (Å²) in [5, 5.41) is 3.11. The fourth-order valence-electron chi connectivity index (χ4n) is 4.44. The minimum atomic E-state index is -2.27. The van der Waals surface area contributed by atoms with Crippen LogP contribution in [-0.2, 0) is 24.4 Å². The van der Waals surface area contributed by atoms with Gasteiger partial charge in [0, 0.05) is 56.6 Å². The number of piperidine rings is 1. The Morgan fingerprint density at radius 3 is 2.22 bits per heavy atom. The number of likely N-dealkylation sites (tertiary alicyclic amines) is 1. The Morgan fingerprint density at radius 2 is 1.68 bits per heavy atom. The maximum Gasteiger partial charge on any atom is 0.317 e. The third-order valence-corrected chi connectivity index (χ3v) is 6.94. The Labute approximate surface area is 224 Å². The summed E-state index contributed by atoms with van der Waals surface area (Å²) in [7, 11) is 0. The van der Waals surface area contributed by atoms with Gasteiger partial charge in [-0.25, -0.2) is 9.52 Å². The smallest absolute Gasteiger partial charge is 0.317 e. The summed E-state index contributed by atoms with van der Waals surface area (Å²) >= 11 is -2.27. The Morgan fingerprint density at radius 1 is 1.08 bits per heavy atom. The highest BCUT2D eigenvalue weighted by Gasteiger charge is 2.27. The van der Waals surface area contributed by atoms with Gasteiger partial charge in [0.2, 0.25) is 0 Å². The normalized spacial score (nSPS) is 15.5. The van der Waals surface area contributed by atoms with E-state index >= 15 is 0 Å². The van der Waals surface area contributed by atoms with Crippen LogP contribution in [0.1, 0.15) is 57.6 Å². The molecule has 1 aliphatic rings. The summed E-state index contributed by atoms with van der Waals surface area (Å²) in [5.74, 6) is 1.91. The molecule has 1 saturated heterocycles. The standard InChI is InChI=1S/C28H42N4O4S/c1-4-5-16-32(28(33)29-19-22(2)3)25-14-17-31(18-15-25)21-24-8-12-27(13-9-24)36-26-10-6-23(7-11-26)20-30-37(34)35/h6-13,22,25,30H,4-5,14-21H2,1-3H3,(H,29,33)(H,34,35)/p-1. The molecule has 1 fully saturated rings. The third-order valence-electron chi connectivity index (χ3n) is 6.56. The molecule has 1 unspecified atom stereocenters. The first kappa shape index (κ1) is 29.1. The summed E-state index contributed by atoms with van der Waals surface area (Å²) in [4.78, 5) is 17.4. The molecule has 9 heteroatoms. The molecular weight excluding hydrogens is 488 g/mol. The van der Waals surface area contributed by atoms with Gasteiger partial charge in [0.05, 0.1) is 0 Å². The van der Waals surface area contributed by atoms with Gasteiger partial charge < -0.3 is 19.5 Å². The summed E-state index contributed by atoms with van der Waals surface area (Å²) < 4.78 is 29.5. The van der Waals surface area contributed by atoms with E-state index in [0.717, 1.165) is 63.2 Å². The lowest BCUT2D eigenvalue weighted by atomic mass is 10.0. The molecule has 37 heavy (non-hydrogen) atoms. The molecule has 1 heterocycles. The number of urea groups is 1. The van der Waals surface area contributed by atoms with Crippen LogP contribution < -0.4 is 14.8 Å². The van der Waals surface area contributed by atoms with E-state index in [1.807, 2.05) is 36.4 Å². The van der Waals surface area contributed by atoms with Gasteiger partial charge in [0.15, 0.2) is 0 Å². The summed E-state index contributed by atoms with van der Waals surface area (Å²) in [6.07, 6.45) is 4.11. The summed E-state index contributed by atoms with van der Waals surface area (Å²) in [6, 6.07) is 15.9. The molecule has 1 aliphatic heterocycles. The lowest BCUT2D eigenvalue weighted by molar-refractivity contribution is 0.116. The van der Waals surface area contributed by atoms with E-state index in [-0.39, 0.29) is 12.6 Å². The van der Waals surface area contributed by atoms with E-state index in [1.54, 1.807) is 0 Å². The molecule has 0 aromatic heterocycles. The lowest BCUT2D eigenvalue weighted by Gasteiger charge is -2.38. The molecule has 2 amide bonds. The van der Waals surface area contributed by atoms with Crippen molar-refractivity contribution in [3.63, 3.8) is 0 Å². The van der Waals surface area contributed by atoms with Crippen LogP contribution in [0.3, 0.4) is 0 Å². The van der Waals surface area contributed by atoms with Gasteiger partial charge in [-0.1, -0.05) is 51.5 Å². The van der Waals surface area contributed by atoms with Crippen LogP contribution in [-0.4, -0.2) is 56.8 Å². The fourth-order valence-corrected chi connectivity index (χ4v) is 4.72. The highest BCUT2D eigenvalue weighted by Crippen LogP contribution is 2.24. The van der Waals surface area contributed by atoms with Crippen LogP contribution in [0, 0.1) is 5.92 Å². The molecule has 3 rings (SSSR count). The predicted octanol–water partition coefficient (Wildman–Crippen LogP) is 4.79. The zero-order valence-electron chi connectivity index (χ0n) is 22.3. The second-order valence-corrected chi connectivity index (χ2v) is 10.8. The molecule has 2 N–H and O–H groups in total. The number of nitrogens with one attached hydrogen (secondary N) is 2. The van der Waals surface area contributed by atoms with E-state index in [9.17, 15) is 13.6 Å². The topological polar surface area (TPSA) is 97.0 Å². The number of ether oxygens (including phenoxy) is 1. The van der Waals surface area contributed by atoms with Gasteiger partial charge in [-0.15, -0.1) is 0 Å². The van der Waals surface area contributed by atoms with Crippen molar-refractivity contribution in [1.29, 1.82) is 0 Å². The predicted molar refractivity (Wildman–Crippen MR) is 147 cm³/mol. The Kier molecular flexibility index (Phi) is 11.9. The number of rotatable bonds is 13. The first-order chi connectivity index (χ1) is 17.8. The van der Waals surface area contributed by atoms with Crippen molar-refractivity contribution >= 4 is 17.3 Å². The zero-order chi connectivity index (χ0) is 26.6. The van der Waals surface area contributed by atoms with Gasteiger partial charge in [-0.2, -0.15) is 0 Å². The second kappa shape index (κ2) is 15.1. The molecular formula is C28H41N4O4S-. The molecule has 0 aliphatic carbocycles. The number of hydrogen-bond acceptors (Lipinski definition) is 5. The molecule has 0 radical (unpaired) electrons. The molecule has 1 atom stereocenters. The molecule has 2 aromatic carbocycles. The van der Waals surface area contributed by atoms with Crippen molar-refractivity contribution in [3.8, 4) is 11.5 Å². The first-order valence-corrected chi connectivity index (χ1v) is 14.4. The Balaban J connectivity index is 1.47. The van der Waals surface area contributed by atoms with E-state index in [0.29, 0.717) is 24.3 Å². The van der Waals surface area contributed by atoms with Crippen molar-refractivity contribution in [2.45, 2.75) is 65.6 Å². The van der Waals surface area contributed by atoms with Crippen molar-refractivity contribution in [2.24, 2.45) is 5.92 Å². The number of carbonyl (C=O) groups is 1. The number of carbonyl (C=O) groups excluding carboxylic acids is 1. The van der Waals surface area contributed by atoms with E-state index in [2.05, 4.69) is 52.7 Å². The largest absolute Gasteiger partial charge is 0.760 e. The van der Waals surface area contributed by atoms with Crippen LogP contribution in [0.5, 0.6) is 11.5 Å². The minimum absolute atomic E-state index is 0.0846. The van der Waals surface area contributed by atoms with Crippen LogP contribution in [0.2, 0.25) is 0 Å². The van der Waals surface area contributed by atoms with Crippen LogP contribution in [0.4, 0.5) is 4.79 Å². The number of nitrogens with zero attached hydrogens (tertiary/aromatic N) is 2. The van der Waals surface area contributed by atoms with Gasteiger partial charge >= 0.3 is 6.03 Å². The minimum Gasteiger partial charge on any atom is -0.760 e. The summed E-state index contributed by atoms with van der Waals surface area (Å²) in [6.45, 7) is 11.0. The maximum absolute atomic E-state index is 12.8. The van der Waals surface area contributed by atoms with Crippen LogP contribution in [0.15, 0.2) is 48.5 Å². The van der Waals surface area contributed by atoms with Gasteiger partial charge in [-0.05, 0) is 60.6 Å². The van der Waals surface area contributed by atoms with E-state index in [1.165, 1.54) is 5.56 Å². The van der Waals surface area contributed by atoms with Crippen molar-refractivity contribution in [2.75, 3.05) is 26.2 Å². The van der Waals surface area contributed by atoms with Crippen LogP contribution in [0.25, 0.3) is 0 Å². The van der Waals surface area contributed by atoms with E-state index < -0.39 is 11.3 Å². The maximum atomic E-state index is 12.8. The average molecular weight is 530 g/mol. The molecule has 8 nitrogen and oxygen atoms in total. The quantitative estimate of drug-likeness (QED) is 0.364. The molecule has 0 bridgehead atoms. The van der Waals surface area contributed by atoms with Gasteiger partial charge in [-0.3, -0.25) is 9.11 Å².